The van der Waals surface area contributed by atoms with Crippen LogP contribution in [0, 0.1) is 0 Å². The van der Waals surface area contributed by atoms with Crippen molar-refractivity contribution in [3.63, 3.8) is 0 Å². The van der Waals surface area contributed by atoms with Gasteiger partial charge < -0.3 is 10.6 Å². The van der Waals surface area contributed by atoms with Crippen LogP contribution in [0.25, 0.3) is 10.6 Å². The van der Waals surface area contributed by atoms with Gasteiger partial charge in [-0.2, -0.15) is 0 Å². The van der Waals surface area contributed by atoms with Crippen LogP contribution in [-0.4, -0.2) is 40.4 Å². The molecule has 124 valence electrons. The third-order valence-corrected chi connectivity index (χ3v) is 4.37. The maximum absolute atomic E-state index is 11.8. The molecule has 0 saturated carbocycles. The molecule has 0 bridgehead atoms. The fourth-order valence-electron chi connectivity index (χ4n) is 2.24. The number of nitrogens with one attached hydrogen (secondary N) is 3. The Hall–Kier alpha value is -2.81. The van der Waals surface area contributed by atoms with Gasteiger partial charge in [-0.15, -0.1) is 11.3 Å². The van der Waals surface area contributed by atoms with E-state index in [1.54, 1.807) is 12.4 Å². The summed E-state index contributed by atoms with van der Waals surface area (Å²) < 4.78 is 0. The molecule has 9 heteroatoms. The molecule has 1 fully saturated rings. The van der Waals surface area contributed by atoms with Crippen LogP contribution in [0.3, 0.4) is 0 Å². The number of amides is 4. The summed E-state index contributed by atoms with van der Waals surface area (Å²) in [6.45, 7) is 0.417. The molecule has 8 nitrogen and oxygen atoms in total. The topological polar surface area (TPSA) is 113 Å². The number of imide groups is 1. The van der Waals surface area contributed by atoms with E-state index in [1.165, 1.54) is 11.3 Å². The largest absolute Gasteiger partial charge is 0.356 e. The Morgan fingerprint density at radius 1 is 1.29 bits per heavy atom. The van der Waals surface area contributed by atoms with E-state index in [2.05, 4.69) is 25.9 Å². The third kappa shape index (κ3) is 3.93. The molecule has 0 aromatic carbocycles. The summed E-state index contributed by atoms with van der Waals surface area (Å²) in [5, 5.41) is 10.1. The van der Waals surface area contributed by atoms with Crippen molar-refractivity contribution in [2.45, 2.75) is 18.9 Å². The van der Waals surface area contributed by atoms with Crippen LogP contribution in [-0.2, 0) is 16.0 Å². The van der Waals surface area contributed by atoms with Crippen LogP contribution in [0.1, 0.15) is 12.1 Å². The zero-order valence-corrected chi connectivity index (χ0v) is 13.4. The lowest BCUT2D eigenvalue weighted by Crippen LogP contribution is -2.36. The molecule has 0 spiro atoms. The minimum absolute atomic E-state index is 0.0725. The molecule has 1 aliphatic rings. The van der Waals surface area contributed by atoms with E-state index in [0.717, 1.165) is 16.3 Å². The monoisotopic (exact) mass is 345 g/mol. The second kappa shape index (κ2) is 7.18. The molecule has 24 heavy (non-hydrogen) atoms. The van der Waals surface area contributed by atoms with E-state index in [-0.39, 0.29) is 12.3 Å². The number of aromatic nitrogens is 2. The van der Waals surface area contributed by atoms with Gasteiger partial charge in [0.1, 0.15) is 11.0 Å². The first-order chi connectivity index (χ1) is 11.6. The van der Waals surface area contributed by atoms with E-state index in [9.17, 15) is 14.4 Å². The average molecular weight is 345 g/mol. The standard InChI is InChI=1S/C15H15N5O3S/c21-12(7-11-13(22)20-15(23)19-11)17-6-3-10-8-24-14(18-10)9-1-4-16-5-2-9/h1-2,4-5,8,11H,3,6-7H2,(H,17,21)(H2,19,20,22,23)/t11-/m1/s1. The number of pyridine rings is 1. The molecule has 0 radical (unpaired) electrons. The predicted octanol–water partition coefficient (Wildman–Crippen LogP) is 0.462. The molecule has 2 aromatic heterocycles. The van der Waals surface area contributed by atoms with E-state index in [1.807, 2.05) is 17.5 Å². The number of hydrogen-bond acceptors (Lipinski definition) is 6. The Kier molecular flexibility index (Phi) is 4.80. The van der Waals surface area contributed by atoms with E-state index in [4.69, 9.17) is 0 Å². The van der Waals surface area contributed by atoms with Gasteiger partial charge >= 0.3 is 6.03 Å². The van der Waals surface area contributed by atoms with Crippen molar-refractivity contribution in [3.05, 3.63) is 35.6 Å². The van der Waals surface area contributed by atoms with Crippen molar-refractivity contribution in [1.82, 2.24) is 25.9 Å². The predicted molar refractivity (Wildman–Crippen MR) is 87.1 cm³/mol. The van der Waals surface area contributed by atoms with Gasteiger partial charge in [0.2, 0.25) is 5.91 Å². The van der Waals surface area contributed by atoms with Crippen molar-refractivity contribution < 1.29 is 14.4 Å². The summed E-state index contributed by atoms with van der Waals surface area (Å²) in [4.78, 5) is 42.6. The lowest BCUT2D eigenvalue weighted by atomic mass is 10.2. The molecule has 4 amide bonds. The molecular weight excluding hydrogens is 330 g/mol. The third-order valence-electron chi connectivity index (χ3n) is 3.43. The summed E-state index contributed by atoms with van der Waals surface area (Å²) in [5.74, 6) is -0.765. The molecule has 2 aromatic rings. The van der Waals surface area contributed by atoms with Crippen molar-refractivity contribution in [3.8, 4) is 10.6 Å². The maximum Gasteiger partial charge on any atom is 0.322 e. The minimum Gasteiger partial charge on any atom is -0.356 e. The number of urea groups is 1. The SMILES string of the molecule is O=C(C[C@H]1NC(=O)NC1=O)NCCc1csc(-c2ccncc2)n1. The second-order valence-corrected chi connectivity index (χ2v) is 6.06. The van der Waals surface area contributed by atoms with Gasteiger partial charge in [-0.05, 0) is 12.1 Å². The van der Waals surface area contributed by atoms with E-state index < -0.39 is 18.0 Å². The number of carbonyl (C=O) groups excluding carboxylic acids is 3. The number of carbonyl (C=O) groups is 3. The van der Waals surface area contributed by atoms with Crippen molar-refractivity contribution in [2.24, 2.45) is 0 Å². The highest BCUT2D eigenvalue weighted by Gasteiger charge is 2.31. The Labute approximate surface area is 141 Å². The number of nitrogens with zero attached hydrogens (tertiary/aromatic N) is 2. The van der Waals surface area contributed by atoms with Crippen LogP contribution in [0.15, 0.2) is 29.9 Å². The fourth-order valence-corrected chi connectivity index (χ4v) is 3.10. The lowest BCUT2D eigenvalue weighted by Gasteiger charge is -2.07. The zero-order chi connectivity index (χ0) is 16.9. The number of rotatable bonds is 6. The second-order valence-electron chi connectivity index (χ2n) is 5.20. The Morgan fingerprint density at radius 3 is 2.79 bits per heavy atom. The van der Waals surface area contributed by atoms with Crippen LogP contribution in [0.5, 0.6) is 0 Å². The number of thiazole rings is 1. The molecule has 3 N–H and O–H groups in total. The summed E-state index contributed by atoms with van der Waals surface area (Å²) in [5.41, 5.74) is 1.90. The molecule has 0 aliphatic carbocycles. The fraction of sp³-hybridized carbons (Fsp3) is 0.267. The first-order valence-corrected chi connectivity index (χ1v) is 8.22. The number of hydrogen-bond donors (Lipinski definition) is 3. The van der Waals surface area contributed by atoms with Gasteiger partial charge in [-0.25, -0.2) is 9.78 Å². The Morgan fingerprint density at radius 2 is 2.08 bits per heavy atom. The average Bonchev–Trinajstić information content (AvgIpc) is 3.15. The van der Waals surface area contributed by atoms with Crippen molar-refractivity contribution in [2.75, 3.05) is 6.54 Å². The highest BCUT2D eigenvalue weighted by molar-refractivity contribution is 7.13. The summed E-state index contributed by atoms with van der Waals surface area (Å²) in [6.07, 6.45) is 3.95. The van der Waals surface area contributed by atoms with Gasteiger partial charge in [0.25, 0.3) is 5.91 Å². The summed E-state index contributed by atoms with van der Waals surface area (Å²) in [6, 6.07) is 2.43. The van der Waals surface area contributed by atoms with Crippen LogP contribution in [0.2, 0.25) is 0 Å². The summed E-state index contributed by atoms with van der Waals surface area (Å²) >= 11 is 1.54. The molecular formula is C15H15N5O3S. The van der Waals surface area contributed by atoms with Gasteiger partial charge in [0.05, 0.1) is 12.1 Å². The molecule has 0 unspecified atom stereocenters. The summed E-state index contributed by atoms with van der Waals surface area (Å²) in [7, 11) is 0. The van der Waals surface area contributed by atoms with Crippen LogP contribution in [0.4, 0.5) is 4.79 Å². The highest BCUT2D eigenvalue weighted by atomic mass is 32.1. The Bertz CT molecular complexity index is 761. The van der Waals surface area contributed by atoms with Gasteiger partial charge in [-0.3, -0.25) is 19.9 Å². The molecule has 1 aliphatic heterocycles. The normalized spacial score (nSPS) is 16.6. The molecule has 3 rings (SSSR count). The van der Waals surface area contributed by atoms with Crippen molar-refractivity contribution >= 4 is 29.2 Å². The van der Waals surface area contributed by atoms with Crippen LogP contribution < -0.4 is 16.0 Å². The smallest absolute Gasteiger partial charge is 0.322 e. The molecule has 1 saturated heterocycles. The van der Waals surface area contributed by atoms with Crippen LogP contribution >= 0.6 is 11.3 Å². The maximum atomic E-state index is 11.8. The first-order valence-electron chi connectivity index (χ1n) is 7.34. The van der Waals surface area contributed by atoms with Gasteiger partial charge in [-0.1, -0.05) is 0 Å². The minimum atomic E-state index is -0.796. The molecule has 1 atom stereocenters. The molecule has 3 heterocycles. The van der Waals surface area contributed by atoms with Gasteiger partial charge in [0.15, 0.2) is 0 Å². The first kappa shape index (κ1) is 16.1. The zero-order valence-electron chi connectivity index (χ0n) is 12.6. The van der Waals surface area contributed by atoms with E-state index in [0.29, 0.717) is 13.0 Å². The Balaban J connectivity index is 1.45. The quantitative estimate of drug-likeness (QED) is 0.659. The highest BCUT2D eigenvalue weighted by Crippen LogP contribution is 2.22. The van der Waals surface area contributed by atoms with Crippen molar-refractivity contribution in [1.29, 1.82) is 0 Å². The van der Waals surface area contributed by atoms with E-state index >= 15 is 0 Å². The lowest BCUT2D eigenvalue weighted by molar-refractivity contribution is -0.126. The van der Waals surface area contributed by atoms with Gasteiger partial charge in [0, 0.05) is 36.3 Å².